The summed E-state index contributed by atoms with van der Waals surface area (Å²) in [6, 6.07) is 4.07. The molecule has 0 heterocycles. The number of nitrogens with one attached hydrogen (secondary N) is 2. The molecule has 0 spiro atoms. The van der Waals surface area contributed by atoms with Crippen molar-refractivity contribution in [2.75, 3.05) is 19.6 Å². The van der Waals surface area contributed by atoms with Crippen LogP contribution in [-0.4, -0.2) is 25.7 Å². The molecule has 0 bridgehead atoms. The molecule has 0 saturated heterocycles. The van der Waals surface area contributed by atoms with E-state index >= 15 is 0 Å². The Labute approximate surface area is 114 Å². The molecule has 1 rings (SSSR count). The number of benzene rings is 1. The highest BCUT2D eigenvalue weighted by Gasteiger charge is 2.05. The molecule has 0 radical (unpaired) electrons. The molecule has 0 fully saturated rings. The van der Waals surface area contributed by atoms with E-state index in [0.717, 1.165) is 19.2 Å². The minimum atomic E-state index is -0.527. The van der Waals surface area contributed by atoms with Crippen molar-refractivity contribution in [3.05, 3.63) is 35.4 Å². The monoisotopic (exact) mass is 270 g/mol. The van der Waals surface area contributed by atoms with E-state index in [1.165, 1.54) is 12.1 Å². The van der Waals surface area contributed by atoms with Crippen LogP contribution in [0.1, 0.15) is 26.3 Å². The lowest BCUT2D eigenvalue weighted by atomic mass is 10.1. The van der Waals surface area contributed by atoms with Gasteiger partial charge in [-0.25, -0.2) is 8.78 Å². The van der Waals surface area contributed by atoms with Gasteiger partial charge in [0.1, 0.15) is 11.6 Å². The van der Waals surface area contributed by atoms with Crippen LogP contribution in [0.3, 0.4) is 0 Å². The second kappa shape index (κ2) is 8.23. The first-order valence-electron chi connectivity index (χ1n) is 6.87. The predicted molar refractivity (Wildman–Crippen MR) is 75.2 cm³/mol. The minimum Gasteiger partial charge on any atom is -0.315 e. The van der Waals surface area contributed by atoms with Crippen molar-refractivity contribution in [3.63, 3.8) is 0 Å². The average Bonchev–Trinajstić information content (AvgIpc) is 2.31. The molecular formula is C15H24F2N2. The molecule has 2 N–H and O–H groups in total. The number of rotatable bonds is 8. The van der Waals surface area contributed by atoms with Crippen molar-refractivity contribution in [2.24, 2.45) is 5.92 Å². The molecule has 4 heteroatoms. The molecule has 0 aliphatic rings. The molecule has 2 nitrogen and oxygen atoms in total. The maximum Gasteiger partial charge on any atom is 0.129 e. The largest absolute Gasteiger partial charge is 0.315 e. The molecule has 1 atom stereocenters. The summed E-state index contributed by atoms with van der Waals surface area (Å²) in [6.07, 6.45) is 0.570. The van der Waals surface area contributed by atoms with Gasteiger partial charge in [-0.2, -0.15) is 0 Å². The first kappa shape index (κ1) is 16.1. The molecule has 0 aliphatic heterocycles. The van der Waals surface area contributed by atoms with Gasteiger partial charge in [-0.05, 0) is 44.0 Å². The second-order valence-electron chi connectivity index (χ2n) is 5.39. The lowest BCUT2D eigenvalue weighted by Crippen LogP contribution is -2.38. The number of hydrogen-bond acceptors (Lipinski definition) is 2. The van der Waals surface area contributed by atoms with Gasteiger partial charge in [0.15, 0.2) is 0 Å². The van der Waals surface area contributed by atoms with E-state index in [2.05, 4.69) is 31.4 Å². The van der Waals surface area contributed by atoms with Crippen LogP contribution in [0.5, 0.6) is 0 Å². The van der Waals surface area contributed by atoms with Crippen LogP contribution in [-0.2, 0) is 6.42 Å². The van der Waals surface area contributed by atoms with Crippen molar-refractivity contribution in [1.82, 2.24) is 10.6 Å². The van der Waals surface area contributed by atoms with Gasteiger partial charge in [-0.1, -0.05) is 19.9 Å². The van der Waals surface area contributed by atoms with Crippen molar-refractivity contribution in [3.8, 4) is 0 Å². The summed E-state index contributed by atoms with van der Waals surface area (Å²) < 4.78 is 26.1. The van der Waals surface area contributed by atoms with Gasteiger partial charge in [0, 0.05) is 18.7 Å². The Morgan fingerprint density at radius 2 is 1.84 bits per heavy atom. The Morgan fingerprint density at radius 1 is 1.11 bits per heavy atom. The minimum absolute atomic E-state index is 0.335. The van der Waals surface area contributed by atoms with E-state index in [4.69, 9.17) is 0 Å². The molecule has 108 valence electrons. The smallest absolute Gasteiger partial charge is 0.129 e. The zero-order valence-corrected chi connectivity index (χ0v) is 12.0. The summed E-state index contributed by atoms with van der Waals surface area (Å²) in [7, 11) is 0. The molecule has 0 aromatic heterocycles. The van der Waals surface area contributed by atoms with E-state index in [0.29, 0.717) is 30.5 Å². The van der Waals surface area contributed by atoms with Gasteiger partial charge in [0.2, 0.25) is 0 Å². The zero-order chi connectivity index (χ0) is 14.3. The Morgan fingerprint density at radius 3 is 2.47 bits per heavy atom. The summed E-state index contributed by atoms with van der Waals surface area (Å²) in [6.45, 7) is 9.01. The van der Waals surface area contributed by atoms with Gasteiger partial charge in [-0.3, -0.25) is 0 Å². The van der Waals surface area contributed by atoms with Crippen molar-refractivity contribution < 1.29 is 8.78 Å². The normalized spacial score (nSPS) is 12.9. The van der Waals surface area contributed by atoms with E-state index in [1.807, 2.05) is 0 Å². The Hall–Kier alpha value is -1.00. The highest BCUT2D eigenvalue weighted by molar-refractivity contribution is 5.18. The quantitative estimate of drug-likeness (QED) is 0.759. The number of hydrogen-bond donors (Lipinski definition) is 2. The SMILES string of the molecule is CC(C)CNCC(C)NCCc1ccc(F)cc1F. The fraction of sp³-hybridized carbons (Fsp3) is 0.600. The van der Waals surface area contributed by atoms with E-state index < -0.39 is 11.6 Å². The van der Waals surface area contributed by atoms with Crippen LogP contribution in [0.25, 0.3) is 0 Å². The van der Waals surface area contributed by atoms with Crippen LogP contribution >= 0.6 is 0 Å². The highest BCUT2D eigenvalue weighted by Crippen LogP contribution is 2.09. The summed E-state index contributed by atoms with van der Waals surface area (Å²) in [4.78, 5) is 0. The average molecular weight is 270 g/mol. The predicted octanol–water partition coefficient (Wildman–Crippen LogP) is 2.73. The second-order valence-corrected chi connectivity index (χ2v) is 5.39. The first-order chi connectivity index (χ1) is 8.99. The van der Waals surface area contributed by atoms with Crippen molar-refractivity contribution in [1.29, 1.82) is 0 Å². The summed E-state index contributed by atoms with van der Waals surface area (Å²) in [5, 5.41) is 6.69. The summed E-state index contributed by atoms with van der Waals surface area (Å²) in [5.74, 6) is -0.353. The van der Waals surface area contributed by atoms with Crippen molar-refractivity contribution >= 4 is 0 Å². The maximum atomic E-state index is 13.4. The van der Waals surface area contributed by atoms with Gasteiger partial charge < -0.3 is 10.6 Å². The lowest BCUT2D eigenvalue weighted by molar-refractivity contribution is 0.472. The summed E-state index contributed by atoms with van der Waals surface area (Å²) in [5.41, 5.74) is 0.552. The topological polar surface area (TPSA) is 24.1 Å². The van der Waals surface area contributed by atoms with Gasteiger partial charge in [-0.15, -0.1) is 0 Å². The van der Waals surface area contributed by atoms with Crippen LogP contribution in [0, 0.1) is 17.6 Å². The standard InChI is InChI=1S/C15H24F2N2/c1-11(2)9-18-10-12(3)19-7-6-13-4-5-14(16)8-15(13)17/h4-5,8,11-12,18-19H,6-7,9-10H2,1-3H3. The third-order valence-electron chi connectivity index (χ3n) is 2.91. The van der Waals surface area contributed by atoms with E-state index in [9.17, 15) is 8.78 Å². The maximum absolute atomic E-state index is 13.4. The Balaban J connectivity index is 2.22. The van der Waals surface area contributed by atoms with E-state index in [1.54, 1.807) is 0 Å². The summed E-state index contributed by atoms with van der Waals surface area (Å²) >= 11 is 0. The van der Waals surface area contributed by atoms with Crippen LogP contribution in [0.15, 0.2) is 18.2 Å². The Bertz CT molecular complexity index is 380. The first-order valence-corrected chi connectivity index (χ1v) is 6.87. The third kappa shape index (κ3) is 6.64. The molecule has 1 aromatic rings. The van der Waals surface area contributed by atoms with Crippen LogP contribution in [0.4, 0.5) is 8.78 Å². The molecule has 19 heavy (non-hydrogen) atoms. The van der Waals surface area contributed by atoms with Gasteiger partial charge in [0.05, 0.1) is 0 Å². The molecule has 0 amide bonds. The fourth-order valence-corrected chi connectivity index (χ4v) is 1.84. The Kier molecular flexibility index (Phi) is 6.95. The fourth-order valence-electron chi connectivity index (χ4n) is 1.84. The van der Waals surface area contributed by atoms with Crippen molar-refractivity contribution in [2.45, 2.75) is 33.2 Å². The van der Waals surface area contributed by atoms with Crippen LogP contribution < -0.4 is 10.6 Å². The molecule has 1 unspecified atom stereocenters. The molecule has 0 saturated carbocycles. The van der Waals surface area contributed by atoms with Gasteiger partial charge >= 0.3 is 0 Å². The van der Waals surface area contributed by atoms with Crippen LogP contribution in [0.2, 0.25) is 0 Å². The molecule has 0 aliphatic carbocycles. The molecular weight excluding hydrogens is 246 g/mol. The van der Waals surface area contributed by atoms with Gasteiger partial charge in [0.25, 0.3) is 0 Å². The third-order valence-corrected chi connectivity index (χ3v) is 2.91. The zero-order valence-electron chi connectivity index (χ0n) is 12.0. The molecule has 1 aromatic carbocycles. The lowest BCUT2D eigenvalue weighted by Gasteiger charge is -2.15. The number of halogens is 2. The van der Waals surface area contributed by atoms with E-state index in [-0.39, 0.29) is 0 Å². The highest BCUT2D eigenvalue weighted by atomic mass is 19.1.